The average Bonchev–Trinajstić information content (AvgIpc) is 2.49. The molecule has 1 aromatic carbocycles. The normalized spacial score (nSPS) is 11.8. The largest absolute Gasteiger partial charge is 0.495 e. The molecular formula is C16H22ClNO4. The number of amides is 1. The number of unbranched alkanes of at least 4 members (excludes halogenated alkanes) is 1. The van der Waals surface area contributed by atoms with Gasteiger partial charge < -0.3 is 15.2 Å². The molecule has 0 aliphatic heterocycles. The van der Waals surface area contributed by atoms with Crippen LogP contribution in [-0.2, 0) is 16.0 Å². The molecule has 0 unspecified atom stereocenters. The van der Waals surface area contributed by atoms with E-state index in [-0.39, 0.29) is 12.3 Å². The van der Waals surface area contributed by atoms with Crippen LogP contribution in [0.2, 0.25) is 5.02 Å². The van der Waals surface area contributed by atoms with Gasteiger partial charge in [-0.05, 0) is 30.5 Å². The van der Waals surface area contributed by atoms with Crippen molar-refractivity contribution in [3.63, 3.8) is 0 Å². The van der Waals surface area contributed by atoms with Crippen molar-refractivity contribution in [1.82, 2.24) is 5.32 Å². The first-order valence-electron chi connectivity index (χ1n) is 7.32. The van der Waals surface area contributed by atoms with E-state index in [2.05, 4.69) is 5.32 Å². The van der Waals surface area contributed by atoms with E-state index in [0.717, 1.165) is 18.4 Å². The SMILES string of the molecule is CCCC[C@H](NC(=O)CCc1ccc(OC)c(Cl)c1)C(=O)O. The molecule has 5 nitrogen and oxygen atoms in total. The topological polar surface area (TPSA) is 75.6 Å². The molecule has 0 saturated carbocycles. The minimum Gasteiger partial charge on any atom is -0.495 e. The lowest BCUT2D eigenvalue weighted by Gasteiger charge is -2.14. The van der Waals surface area contributed by atoms with E-state index in [9.17, 15) is 9.59 Å². The van der Waals surface area contributed by atoms with Gasteiger partial charge in [-0.15, -0.1) is 0 Å². The highest BCUT2D eigenvalue weighted by atomic mass is 35.5. The molecule has 1 atom stereocenters. The fourth-order valence-corrected chi connectivity index (χ4v) is 2.34. The van der Waals surface area contributed by atoms with Gasteiger partial charge in [0.05, 0.1) is 12.1 Å². The van der Waals surface area contributed by atoms with Gasteiger partial charge in [-0.3, -0.25) is 4.79 Å². The average molecular weight is 328 g/mol. The molecular weight excluding hydrogens is 306 g/mol. The summed E-state index contributed by atoms with van der Waals surface area (Å²) < 4.78 is 5.07. The first kappa shape index (κ1) is 18.3. The van der Waals surface area contributed by atoms with Gasteiger partial charge in [0.15, 0.2) is 0 Å². The summed E-state index contributed by atoms with van der Waals surface area (Å²) in [5, 5.41) is 12.1. The molecule has 1 aromatic rings. The minimum absolute atomic E-state index is 0.221. The number of ether oxygens (including phenoxy) is 1. The first-order valence-corrected chi connectivity index (χ1v) is 7.70. The Kier molecular flexibility index (Phi) is 7.74. The summed E-state index contributed by atoms with van der Waals surface area (Å²) in [4.78, 5) is 23.0. The Bertz CT molecular complexity index is 519. The van der Waals surface area contributed by atoms with E-state index in [4.69, 9.17) is 21.4 Å². The van der Waals surface area contributed by atoms with Crippen LogP contribution in [0.15, 0.2) is 18.2 Å². The molecule has 0 saturated heterocycles. The number of aryl methyl sites for hydroxylation is 1. The van der Waals surface area contributed by atoms with Crippen LogP contribution in [0.4, 0.5) is 0 Å². The predicted octanol–water partition coefficient (Wildman–Crippen LogP) is 3.04. The maximum atomic E-state index is 11.9. The summed E-state index contributed by atoms with van der Waals surface area (Å²) >= 11 is 6.02. The molecule has 6 heteroatoms. The fourth-order valence-electron chi connectivity index (χ4n) is 2.06. The smallest absolute Gasteiger partial charge is 0.326 e. The highest BCUT2D eigenvalue weighted by Crippen LogP contribution is 2.25. The summed E-state index contributed by atoms with van der Waals surface area (Å²) in [7, 11) is 1.54. The Balaban J connectivity index is 2.51. The third-order valence-corrected chi connectivity index (χ3v) is 3.63. The van der Waals surface area contributed by atoms with E-state index < -0.39 is 12.0 Å². The van der Waals surface area contributed by atoms with Gasteiger partial charge in [-0.1, -0.05) is 37.4 Å². The summed E-state index contributed by atoms with van der Waals surface area (Å²) in [6.07, 6.45) is 2.83. The predicted molar refractivity (Wildman–Crippen MR) is 85.4 cm³/mol. The van der Waals surface area contributed by atoms with Crippen LogP contribution < -0.4 is 10.1 Å². The van der Waals surface area contributed by atoms with Crippen molar-refractivity contribution in [3.8, 4) is 5.75 Å². The second-order valence-electron chi connectivity index (χ2n) is 5.07. The number of methoxy groups -OCH3 is 1. The molecule has 0 aromatic heterocycles. The molecule has 0 radical (unpaired) electrons. The molecule has 0 bridgehead atoms. The minimum atomic E-state index is -0.991. The second-order valence-corrected chi connectivity index (χ2v) is 5.48. The number of aliphatic carboxylic acids is 1. The molecule has 0 spiro atoms. The Morgan fingerprint density at radius 2 is 2.14 bits per heavy atom. The molecule has 0 heterocycles. The van der Waals surface area contributed by atoms with Crippen molar-refractivity contribution in [1.29, 1.82) is 0 Å². The van der Waals surface area contributed by atoms with Gasteiger partial charge in [0, 0.05) is 6.42 Å². The molecule has 122 valence electrons. The van der Waals surface area contributed by atoms with Crippen LogP contribution in [0.1, 0.15) is 38.2 Å². The quantitative estimate of drug-likeness (QED) is 0.731. The Morgan fingerprint density at radius 3 is 2.68 bits per heavy atom. The van der Waals surface area contributed by atoms with Crippen molar-refractivity contribution < 1.29 is 19.4 Å². The van der Waals surface area contributed by atoms with Gasteiger partial charge in [-0.25, -0.2) is 4.79 Å². The van der Waals surface area contributed by atoms with Crippen LogP contribution in [0.5, 0.6) is 5.75 Å². The molecule has 1 rings (SSSR count). The third-order valence-electron chi connectivity index (χ3n) is 3.34. The number of benzene rings is 1. The van der Waals surface area contributed by atoms with E-state index in [1.54, 1.807) is 12.1 Å². The molecule has 22 heavy (non-hydrogen) atoms. The zero-order valence-electron chi connectivity index (χ0n) is 12.9. The van der Waals surface area contributed by atoms with E-state index in [0.29, 0.717) is 23.6 Å². The number of carbonyl (C=O) groups is 2. The molecule has 0 aliphatic rings. The highest BCUT2D eigenvalue weighted by molar-refractivity contribution is 6.32. The van der Waals surface area contributed by atoms with E-state index in [1.165, 1.54) is 7.11 Å². The first-order chi connectivity index (χ1) is 10.5. The zero-order chi connectivity index (χ0) is 16.5. The van der Waals surface area contributed by atoms with Crippen molar-refractivity contribution in [2.45, 2.75) is 45.1 Å². The van der Waals surface area contributed by atoms with Crippen LogP contribution >= 0.6 is 11.6 Å². The lowest BCUT2D eigenvalue weighted by molar-refractivity contribution is -0.142. The van der Waals surface area contributed by atoms with Gasteiger partial charge in [-0.2, -0.15) is 0 Å². The third kappa shape index (κ3) is 5.93. The number of carbonyl (C=O) groups excluding carboxylic acids is 1. The van der Waals surface area contributed by atoms with Crippen LogP contribution in [0.25, 0.3) is 0 Å². The summed E-state index contributed by atoms with van der Waals surface area (Å²) in [6, 6.07) is 4.52. The van der Waals surface area contributed by atoms with Gasteiger partial charge in [0.1, 0.15) is 11.8 Å². The van der Waals surface area contributed by atoms with Gasteiger partial charge >= 0.3 is 5.97 Å². The lowest BCUT2D eigenvalue weighted by Crippen LogP contribution is -2.40. The number of carboxylic acids is 1. The lowest BCUT2D eigenvalue weighted by atomic mass is 10.1. The van der Waals surface area contributed by atoms with Crippen LogP contribution in [0.3, 0.4) is 0 Å². The molecule has 2 N–H and O–H groups in total. The zero-order valence-corrected chi connectivity index (χ0v) is 13.7. The van der Waals surface area contributed by atoms with Crippen LogP contribution in [-0.4, -0.2) is 30.1 Å². The summed E-state index contributed by atoms with van der Waals surface area (Å²) in [5.74, 6) is -0.676. The standard InChI is InChI=1S/C16H22ClNO4/c1-3-4-5-13(16(20)21)18-15(19)9-7-11-6-8-14(22-2)12(17)10-11/h6,8,10,13H,3-5,7,9H2,1-2H3,(H,18,19)(H,20,21)/t13-/m0/s1. The number of hydrogen-bond acceptors (Lipinski definition) is 3. The number of carboxylic acid groups (broad SMARTS) is 1. The summed E-state index contributed by atoms with van der Waals surface area (Å²) in [6.45, 7) is 1.98. The second kappa shape index (κ2) is 9.30. The highest BCUT2D eigenvalue weighted by Gasteiger charge is 2.18. The number of hydrogen-bond donors (Lipinski definition) is 2. The van der Waals surface area contributed by atoms with Crippen LogP contribution in [0, 0.1) is 0 Å². The van der Waals surface area contributed by atoms with E-state index in [1.807, 2.05) is 13.0 Å². The van der Waals surface area contributed by atoms with Crippen molar-refractivity contribution >= 4 is 23.5 Å². The number of rotatable bonds is 9. The number of nitrogens with one attached hydrogen (secondary N) is 1. The maximum absolute atomic E-state index is 11.9. The molecule has 1 amide bonds. The number of halogens is 1. The fraction of sp³-hybridized carbons (Fsp3) is 0.500. The Labute approximate surface area is 135 Å². The van der Waals surface area contributed by atoms with Crippen molar-refractivity contribution in [2.24, 2.45) is 0 Å². The molecule has 0 fully saturated rings. The van der Waals surface area contributed by atoms with Crippen molar-refractivity contribution in [3.05, 3.63) is 28.8 Å². The Morgan fingerprint density at radius 1 is 1.41 bits per heavy atom. The summed E-state index contributed by atoms with van der Waals surface area (Å²) in [5.41, 5.74) is 0.904. The van der Waals surface area contributed by atoms with Gasteiger partial charge in [0.2, 0.25) is 5.91 Å². The van der Waals surface area contributed by atoms with E-state index >= 15 is 0 Å². The van der Waals surface area contributed by atoms with Gasteiger partial charge in [0.25, 0.3) is 0 Å². The maximum Gasteiger partial charge on any atom is 0.326 e. The Hall–Kier alpha value is -1.75. The van der Waals surface area contributed by atoms with Crippen molar-refractivity contribution in [2.75, 3.05) is 7.11 Å². The monoisotopic (exact) mass is 327 g/mol. The molecule has 0 aliphatic carbocycles.